The Morgan fingerprint density at radius 2 is 1.38 bits per heavy atom. The third-order valence-electron chi connectivity index (χ3n) is 5.37. The fourth-order valence-electron chi connectivity index (χ4n) is 3.78. The van der Waals surface area contributed by atoms with E-state index in [0.29, 0.717) is 11.1 Å². The summed E-state index contributed by atoms with van der Waals surface area (Å²) in [4.78, 5) is 25.3. The lowest BCUT2D eigenvalue weighted by Crippen LogP contribution is -2.46. The highest BCUT2D eigenvalue weighted by molar-refractivity contribution is 6.18. The van der Waals surface area contributed by atoms with E-state index in [2.05, 4.69) is 5.32 Å². The van der Waals surface area contributed by atoms with Crippen LogP contribution >= 0.6 is 0 Å². The van der Waals surface area contributed by atoms with Crippen LogP contribution in [-0.2, 0) is 17.4 Å². The molecule has 0 aliphatic heterocycles. The number of nitrogens with two attached hydrogens (primary N) is 1. The molecule has 4 nitrogen and oxygen atoms in total. The number of hydrogen-bond donors (Lipinski definition) is 2. The lowest BCUT2D eigenvalue weighted by molar-refractivity contribution is -0.137. The normalized spacial score (nSPS) is 12.6. The monoisotopic (exact) mass is 436 g/mol. The number of nitrogens with one attached hydrogen (secondary N) is 1. The molecular formula is C25H19F3N2O2. The first kappa shape index (κ1) is 21.4. The van der Waals surface area contributed by atoms with Gasteiger partial charge in [-0.2, -0.15) is 13.2 Å². The van der Waals surface area contributed by atoms with Gasteiger partial charge in [-0.1, -0.05) is 60.7 Å². The number of carbonyl (C=O) groups excluding carboxylic acids is 2. The number of halogens is 3. The summed E-state index contributed by atoms with van der Waals surface area (Å²) >= 11 is 0. The van der Waals surface area contributed by atoms with Crippen LogP contribution in [0.15, 0.2) is 78.9 Å². The third kappa shape index (κ3) is 4.27. The summed E-state index contributed by atoms with van der Waals surface area (Å²) in [6.45, 7) is 0. The van der Waals surface area contributed by atoms with Crippen LogP contribution in [0.4, 0.5) is 13.2 Å². The van der Waals surface area contributed by atoms with Crippen molar-refractivity contribution in [3.05, 3.63) is 95.6 Å². The van der Waals surface area contributed by atoms with Gasteiger partial charge in [0.1, 0.15) is 6.04 Å². The fraction of sp³-hybridized carbons (Fsp3) is 0.120. The van der Waals surface area contributed by atoms with E-state index < -0.39 is 29.6 Å². The predicted octanol–water partition coefficient (Wildman–Crippen LogP) is 4.84. The topological polar surface area (TPSA) is 72.2 Å². The van der Waals surface area contributed by atoms with Crippen LogP contribution in [-0.4, -0.2) is 17.9 Å². The Kier molecular flexibility index (Phi) is 5.57. The summed E-state index contributed by atoms with van der Waals surface area (Å²) in [7, 11) is 0. The summed E-state index contributed by atoms with van der Waals surface area (Å²) in [5, 5.41) is 5.86. The highest BCUT2D eigenvalue weighted by atomic mass is 19.4. The van der Waals surface area contributed by atoms with E-state index in [-0.39, 0.29) is 6.42 Å². The maximum absolute atomic E-state index is 13.3. The Hall–Kier alpha value is -3.87. The Balaban J connectivity index is 1.66. The molecule has 0 bridgehead atoms. The molecule has 32 heavy (non-hydrogen) atoms. The number of fused-ring (bicyclic) bond motifs is 2. The second kappa shape index (κ2) is 8.34. The summed E-state index contributed by atoms with van der Waals surface area (Å²) in [5.74, 6) is -1.25. The van der Waals surface area contributed by atoms with Crippen LogP contribution in [0.3, 0.4) is 0 Å². The number of amides is 2. The van der Waals surface area contributed by atoms with Crippen molar-refractivity contribution in [2.45, 2.75) is 18.6 Å². The van der Waals surface area contributed by atoms with Gasteiger partial charge in [-0.3, -0.25) is 9.59 Å². The lowest BCUT2D eigenvalue weighted by Gasteiger charge is -2.18. The molecule has 0 fully saturated rings. The number of benzene rings is 4. The van der Waals surface area contributed by atoms with Gasteiger partial charge in [0.2, 0.25) is 5.91 Å². The average molecular weight is 436 g/mol. The molecule has 0 radical (unpaired) electrons. The Bertz CT molecular complexity index is 1260. The van der Waals surface area contributed by atoms with Gasteiger partial charge in [-0.05, 0) is 45.3 Å². The van der Waals surface area contributed by atoms with Crippen molar-refractivity contribution >= 4 is 33.4 Å². The van der Waals surface area contributed by atoms with Crippen LogP contribution < -0.4 is 11.1 Å². The molecule has 3 N–H and O–H groups in total. The first-order valence-electron chi connectivity index (χ1n) is 9.91. The molecule has 0 aliphatic rings. The fourth-order valence-corrected chi connectivity index (χ4v) is 3.78. The second-order valence-corrected chi connectivity index (χ2v) is 7.52. The van der Waals surface area contributed by atoms with Crippen LogP contribution in [0.2, 0.25) is 0 Å². The van der Waals surface area contributed by atoms with Crippen LogP contribution in [0.1, 0.15) is 21.5 Å². The van der Waals surface area contributed by atoms with Crippen LogP contribution in [0.25, 0.3) is 21.5 Å². The summed E-state index contributed by atoms with van der Waals surface area (Å²) in [6.07, 6.45) is -4.48. The molecule has 4 aromatic rings. The minimum atomic E-state index is -4.45. The van der Waals surface area contributed by atoms with Gasteiger partial charge in [-0.15, -0.1) is 0 Å². The maximum Gasteiger partial charge on any atom is 0.416 e. The van der Waals surface area contributed by atoms with Gasteiger partial charge in [0.25, 0.3) is 5.91 Å². The van der Waals surface area contributed by atoms with E-state index in [0.717, 1.165) is 33.7 Å². The first-order chi connectivity index (χ1) is 15.2. The summed E-state index contributed by atoms with van der Waals surface area (Å²) < 4.78 is 38.4. The molecular weight excluding hydrogens is 417 g/mol. The first-order valence-corrected chi connectivity index (χ1v) is 9.91. The number of alkyl halides is 3. The zero-order valence-corrected chi connectivity index (χ0v) is 16.8. The number of hydrogen-bond acceptors (Lipinski definition) is 2. The van der Waals surface area contributed by atoms with Crippen molar-refractivity contribution in [2.24, 2.45) is 5.73 Å². The molecule has 2 amide bonds. The lowest BCUT2D eigenvalue weighted by atomic mass is 9.95. The van der Waals surface area contributed by atoms with E-state index in [1.807, 2.05) is 54.6 Å². The molecule has 0 aromatic heterocycles. The van der Waals surface area contributed by atoms with Crippen molar-refractivity contribution < 1.29 is 22.8 Å². The molecule has 1 atom stereocenters. The second-order valence-electron chi connectivity index (χ2n) is 7.52. The van der Waals surface area contributed by atoms with Gasteiger partial charge in [0.05, 0.1) is 11.1 Å². The summed E-state index contributed by atoms with van der Waals surface area (Å²) in [5.41, 5.74) is 5.58. The standard InChI is InChI=1S/C25H19F3N2O2/c26-25(27,28)18-11-9-15(10-12-18)13-21(23(29)31)30-24(32)22-19-7-3-1-5-16(19)14-17-6-2-4-8-20(17)22/h1-12,14,21H,13H2,(H2,29,31)(H,30,32)/t21-/m0/s1. The van der Waals surface area contributed by atoms with Gasteiger partial charge in [-0.25, -0.2) is 0 Å². The molecule has 0 aliphatic carbocycles. The van der Waals surface area contributed by atoms with Crippen LogP contribution in [0, 0.1) is 0 Å². The minimum absolute atomic E-state index is 0.0259. The number of primary amides is 1. The molecule has 0 saturated heterocycles. The van der Waals surface area contributed by atoms with Gasteiger partial charge >= 0.3 is 6.18 Å². The molecule has 7 heteroatoms. The predicted molar refractivity (Wildman–Crippen MR) is 117 cm³/mol. The number of carbonyl (C=O) groups is 2. The van der Waals surface area contributed by atoms with Gasteiger partial charge in [0, 0.05) is 6.42 Å². The highest BCUT2D eigenvalue weighted by Gasteiger charge is 2.30. The Morgan fingerprint density at radius 1 is 0.844 bits per heavy atom. The molecule has 0 heterocycles. The highest BCUT2D eigenvalue weighted by Crippen LogP contribution is 2.30. The van der Waals surface area contributed by atoms with E-state index in [9.17, 15) is 22.8 Å². The summed E-state index contributed by atoms with van der Waals surface area (Å²) in [6, 6.07) is 20.1. The van der Waals surface area contributed by atoms with E-state index in [4.69, 9.17) is 5.73 Å². The molecule has 4 rings (SSSR count). The smallest absolute Gasteiger partial charge is 0.368 e. The van der Waals surface area contributed by atoms with E-state index in [1.165, 1.54) is 12.1 Å². The van der Waals surface area contributed by atoms with Crippen molar-refractivity contribution in [1.82, 2.24) is 5.32 Å². The van der Waals surface area contributed by atoms with Crippen molar-refractivity contribution in [2.75, 3.05) is 0 Å². The molecule has 0 spiro atoms. The SMILES string of the molecule is NC(=O)[C@H](Cc1ccc(C(F)(F)F)cc1)NC(=O)c1c2ccccc2cc2ccccc12. The van der Waals surface area contributed by atoms with Crippen molar-refractivity contribution in [1.29, 1.82) is 0 Å². The molecule has 0 unspecified atom stereocenters. The quantitative estimate of drug-likeness (QED) is 0.440. The third-order valence-corrected chi connectivity index (χ3v) is 5.37. The van der Waals surface area contributed by atoms with Gasteiger partial charge in [0.15, 0.2) is 0 Å². The number of rotatable bonds is 5. The zero-order chi connectivity index (χ0) is 22.9. The molecule has 0 saturated carbocycles. The largest absolute Gasteiger partial charge is 0.416 e. The van der Waals surface area contributed by atoms with Gasteiger partial charge < -0.3 is 11.1 Å². The maximum atomic E-state index is 13.3. The average Bonchev–Trinajstić information content (AvgIpc) is 2.76. The molecule has 162 valence electrons. The molecule has 4 aromatic carbocycles. The Morgan fingerprint density at radius 3 is 1.88 bits per heavy atom. The van der Waals surface area contributed by atoms with Crippen LogP contribution in [0.5, 0.6) is 0 Å². The minimum Gasteiger partial charge on any atom is -0.368 e. The van der Waals surface area contributed by atoms with E-state index in [1.54, 1.807) is 0 Å². The van der Waals surface area contributed by atoms with Crippen molar-refractivity contribution in [3.63, 3.8) is 0 Å². The zero-order valence-electron chi connectivity index (χ0n) is 16.8. The Labute approximate surface area is 181 Å². The van der Waals surface area contributed by atoms with E-state index >= 15 is 0 Å². The van der Waals surface area contributed by atoms with Crippen molar-refractivity contribution in [3.8, 4) is 0 Å².